The molecule has 0 aromatic heterocycles. The predicted molar refractivity (Wildman–Crippen MR) is 21.7 cm³/mol. The van der Waals surface area contributed by atoms with Gasteiger partial charge >= 0.3 is 177 Å². The SMILES string of the molecule is O=C([O-])[O-].O=P([O-])([O-])OP(=O)([O-])[O-].[Na+].[Na+].[Na+].[Na+].[Na+].[Na+]. The number of hydrogen-bond acceptors (Lipinski definition) is 10. The van der Waals surface area contributed by atoms with Gasteiger partial charge in [0.25, 0.3) is 0 Å². The molecule has 0 spiro atoms. The Labute approximate surface area is 241 Å². The van der Waals surface area contributed by atoms with Crippen LogP contribution in [0.1, 0.15) is 0 Å². The normalized spacial score (nSPS) is 7.79. The van der Waals surface area contributed by atoms with E-state index in [-0.39, 0.29) is 177 Å². The van der Waals surface area contributed by atoms with E-state index in [1.54, 1.807) is 0 Å². The van der Waals surface area contributed by atoms with Crippen molar-refractivity contribution in [1.29, 1.82) is 0 Å². The summed E-state index contributed by atoms with van der Waals surface area (Å²) in [7, 11) is -11.4. The first kappa shape index (κ1) is 49.7. The van der Waals surface area contributed by atoms with Crippen LogP contribution < -0.4 is 207 Å². The minimum atomic E-state index is -5.68. The fourth-order valence-corrected chi connectivity index (χ4v) is 1.10. The summed E-state index contributed by atoms with van der Waals surface area (Å²) in [6.07, 6.45) is -2.33. The Morgan fingerprint density at radius 3 is 0.789 bits per heavy atom. The van der Waals surface area contributed by atoms with Crippen molar-refractivity contribution < 1.29 is 225 Å². The Morgan fingerprint density at radius 2 is 0.789 bits per heavy atom. The summed E-state index contributed by atoms with van der Waals surface area (Å²) in [5.41, 5.74) is 0. The molecular formula is CNa6O10P2. The van der Waals surface area contributed by atoms with Gasteiger partial charge in [-0.15, -0.1) is 0 Å². The number of carboxylic acid groups (broad SMARTS) is 2. The first-order valence-electron chi connectivity index (χ1n) is 2.07. The van der Waals surface area contributed by atoms with Crippen molar-refractivity contribution in [1.82, 2.24) is 0 Å². The smallest absolute Gasteiger partial charge is 0.790 e. The third kappa shape index (κ3) is 82.0. The second-order valence-electron chi connectivity index (χ2n) is 1.23. The number of rotatable bonds is 2. The first-order valence-corrected chi connectivity index (χ1v) is 4.99. The van der Waals surface area contributed by atoms with Gasteiger partial charge in [0.1, 0.15) is 0 Å². The molecule has 0 saturated carbocycles. The van der Waals surface area contributed by atoms with E-state index in [9.17, 15) is 28.7 Å². The molecule has 80 valence electrons. The average Bonchev–Trinajstić information content (AvgIpc) is 1.47. The molecule has 0 radical (unpaired) electrons. The van der Waals surface area contributed by atoms with Gasteiger partial charge < -0.3 is 48.0 Å². The molecule has 19 heavy (non-hydrogen) atoms. The number of hydrogen-bond donors (Lipinski definition) is 0. The van der Waals surface area contributed by atoms with Crippen LogP contribution in [0.25, 0.3) is 0 Å². The molecule has 0 aliphatic heterocycles. The van der Waals surface area contributed by atoms with Crippen LogP contribution in [0, 0.1) is 0 Å². The van der Waals surface area contributed by atoms with Gasteiger partial charge in [-0.3, -0.25) is 0 Å². The van der Waals surface area contributed by atoms with Gasteiger partial charge in [-0.1, -0.05) is 0 Å². The van der Waals surface area contributed by atoms with Gasteiger partial charge in [-0.25, -0.2) is 0 Å². The zero-order chi connectivity index (χ0) is 11.3. The van der Waals surface area contributed by atoms with Crippen molar-refractivity contribution in [3.63, 3.8) is 0 Å². The molecule has 10 nitrogen and oxygen atoms in total. The van der Waals surface area contributed by atoms with Crippen LogP contribution >= 0.6 is 15.6 Å². The summed E-state index contributed by atoms with van der Waals surface area (Å²) >= 11 is 0. The number of carbonyl (C=O) groups is 1. The van der Waals surface area contributed by atoms with E-state index in [0.717, 1.165) is 0 Å². The van der Waals surface area contributed by atoms with Crippen molar-refractivity contribution in [2.45, 2.75) is 0 Å². The zero-order valence-electron chi connectivity index (χ0n) is 11.5. The minimum absolute atomic E-state index is 0. The summed E-state index contributed by atoms with van der Waals surface area (Å²) in [6, 6.07) is 0. The monoisotopic (exact) mass is 372 g/mol. The Bertz CT molecular complexity index is 235. The molecule has 0 aromatic carbocycles. The standard InChI is InChI=1S/CH2O3.6Na.H4O7P2/c2-1(3)4;;;;;;;1-8(2,3)7-9(4,5)6/h(H2,2,3,4);;;;;;;(H2,1,2,3)(H2,4,5,6)/q;6*+1;/p-6. The molecule has 0 unspecified atom stereocenters. The Morgan fingerprint density at radius 1 is 0.684 bits per heavy atom. The maximum Gasteiger partial charge on any atom is 1.00 e. The molecule has 0 N–H and O–H groups in total. The van der Waals surface area contributed by atoms with Crippen molar-refractivity contribution in [2.75, 3.05) is 0 Å². The molecule has 0 aliphatic rings. The van der Waals surface area contributed by atoms with Gasteiger partial charge in [0.2, 0.25) is 0 Å². The van der Waals surface area contributed by atoms with Crippen LogP contribution in [-0.4, -0.2) is 6.16 Å². The maximum atomic E-state index is 9.32. The average molecular weight is 372 g/mol. The molecule has 0 aliphatic carbocycles. The Balaban J connectivity index is -0.0000000183. The van der Waals surface area contributed by atoms with E-state index in [2.05, 4.69) is 4.31 Å². The fraction of sp³-hybridized carbons (Fsp3) is 0. The van der Waals surface area contributed by atoms with Gasteiger partial charge in [-0.2, -0.15) is 0 Å². The quantitative estimate of drug-likeness (QED) is 0.331. The Kier molecular flexibility index (Phi) is 67.4. The fourth-order valence-electron chi connectivity index (χ4n) is 0.122. The van der Waals surface area contributed by atoms with E-state index in [1.807, 2.05) is 0 Å². The van der Waals surface area contributed by atoms with Crippen LogP contribution in [0.5, 0.6) is 0 Å². The molecule has 0 fully saturated rings. The van der Waals surface area contributed by atoms with Crippen molar-refractivity contribution in [3.8, 4) is 0 Å². The molecule has 0 saturated heterocycles. The van der Waals surface area contributed by atoms with Gasteiger partial charge in [0.05, 0.1) is 15.6 Å². The summed E-state index contributed by atoms with van der Waals surface area (Å²) in [5, 5.41) is 16.7. The summed E-state index contributed by atoms with van der Waals surface area (Å²) in [6.45, 7) is 0. The molecule has 0 heterocycles. The van der Waals surface area contributed by atoms with Crippen LogP contribution in [0.3, 0.4) is 0 Å². The van der Waals surface area contributed by atoms with Crippen LogP contribution in [-0.2, 0) is 13.4 Å². The minimum Gasteiger partial charge on any atom is -0.790 e. The Hall–Kier alpha value is 5.53. The van der Waals surface area contributed by atoms with Gasteiger partial charge in [0, 0.05) is 0 Å². The van der Waals surface area contributed by atoms with E-state index < -0.39 is 21.8 Å². The topological polar surface area (TPSA) is 199 Å². The molecule has 0 aromatic rings. The van der Waals surface area contributed by atoms with Gasteiger partial charge in [-0.05, 0) is 6.16 Å². The second kappa shape index (κ2) is 25.8. The van der Waals surface area contributed by atoms with Crippen LogP contribution in [0.2, 0.25) is 0 Å². The van der Waals surface area contributed by atoms with E-state index >= 15 is 0 Å². The van der Waals surface area contributed by atoms with Crippen LogP contribution in [0.15, 0.2) is 0 Å². The largest absolute Gasteiger partial charge is 1.00 e. The molecule has 0 amide bonds. The molecule has 0 atom stereocenters. The molecule has 18 heteroatoms. The van der Waals surface area contributed by atoms with Crippen LogP contribution in [0.4, 0.5) is 4.79 Å². The van der Waals surface area contributed by atoms with Crippen molar-refractivity contribution >= 4 is 21.8 Å². The van der Waals surface area contributed by atoms with E-state index in [1.165, 1.54) is 0 Å². The molecule has 0 bridgehead atoms. The molecular weight excluding hydrogens is 372 g/mol. The second-order valence-corrected chi connectivity index (χ2v) is 3.67. The number of carbonyl (C=O) groups excluding carboxylic acids is 1. The number of phosphoric acid groups is 2. The third-order valence-corrected chi connectivity index (χ3v) is 1.80. The first-order chi connectivity index (χ1) is 5.44. The summed E-state index contributed by atoms with van der Waals surface area (Å²) < 4.78 is 21.2. The zero-order valence-corrected chi connectivity index (χ0v) is 25.3. The van der Waals surface area contributed by atoms with E-state index in [4.69, 9.17) is 15.0 Å². The third-order valence-electron chi connectivity index (χ3n) is 0.200. The van der Waals surface area contributed by atoms with Gasteiger partial charge in [0.15, 0.2) is 0 Å². The maximum absolute atomic E-state index is 9.32. The summed E-state index contributed by atoms with van der Waals surface area (Å²) in [5.74, 6) is 0. The van der Waals surface area contributed by atoms with E-state index in [0.29, 0.717) is 0 Å². The van der Waals surface area contributed by atoms with Crippen molar-refractivity contribution in [3.05, 3.63) is 0 Å². The summed E-state index contributed by atoms with van der Waals surface area (Å²) in [4.78, 5) is 45.6. The molecule has 0 rings (SSSR count). The van der Waals surface area contributed by atoms with Crippen molar-refractivity contribution in [2.24, 2.45) is 0 Å². The predicted octanol–water partition coefficient (Wildman–Crippen LogP) is -23.8.